The molecule has 1 rings (SSSR count). The van der Waals surface area contributed by atoms with Gasteiger partial charge in [0.15, 0.2) is 6.29 Å². The third kappa shape index (κ3) is 28.5. The van der Waals surface area contributed by atoms with Gasteiger partial charge in [-0.05, 0) is 44.9 Å². The van der Waals surface area contributed by atoms with Crippen LogP contribution >= 0.6 is 0 Å². The monoisotopic (exact) mass is 862 g/mol. The molecule has 0 saturated carbocycles. The normalized spacial score (nSPS) is 21.8. The number of ether oxygens (including phenoxy) is 2. The molecule has 0 bridgehead atoms. The third-order valence-corrected chi connectivity index (χ3v) is 11.2. The van der Waals surface area contributed by atoms with Crippen molar-refractivity contribution < 1.29 is 57.0 Å². The number of aliphatic hydroxyl groups excluding tert-OH is 5. The second kappa shape index (κ2) is 35.8. The van der Waals surface area contributed by atoms with Gasteiger partial charge in [0.2, 0.25) is 5.91 Å². The van der Waals surface area contributed by atoms with Gasteiger partial charge in [-0.3, -0.25) is 9.35 Å². The molecule has 1 aliphatic rings. The number of unbranched alkanes of at least 4 members (excludes halogenated alkanes) is 21. The average molecular weight is 862 g/mol. The molecule has 0 aromatic rings. The summed E-state index contributed by atoms with van der Waals surface area (Å²) in [5.74, 6) is -0.717. The van der Waals surface area contributed by atoms with Gasteiger partial charge in [0.25, 0.3) is 0 Å². The Morgan fingerprint density at radius 1 is 0.678 bits per heavy atom. The largest absolute Gasteiger partial charge is 0.397 e. The molecule has 0 radical (unpaired) electrons. The van der Waals surface area contributed by atoms with Gasteiger partial charge >= 0.3 is 10.4 Å². The molecule has 0 aliphatic carbocycles. The van der Waals surface area contributed by atoms with E-state index in [1.807, 2.05) is 0 Å². The number of hydrogen-bond acceptors (Lipinski definition) is 11. The summed E-state index contributed by atoms with van der Waals surface area (Å²) < 4.78 is 47.4. The van der Waals surface area contributed by atoms with Crippen LogP contribution in [0.5, 0.6) is 0 Å². The van der Waals surface area contributed by atoms with E-state index in [0.717, 1.165) is 44.9 Å². The zero-order valence-corrected chi connectivity index (χ0v) is 37.2. The Bertz CT molecular complexity index is 1220. The molecule has 1 amide bonds. The minimum atomic E-state index is -5.12. The maximum atomic E-state index is 13.1. The Labute approximate surface area is 357 Å². The first-order valence-electron chi connectivity index (χ1n) is 23.0. The van der Waals surface area contributed by atoms with Crippen molar-refractivity contribution in [3.8, 4) is 0 Å². The molecule has 0 aromatic heterocycles. The lowest BCUT2D eigenvalue weighted by atomic mass is 9.99. The molecule has 14 heteroatoms. The minimum absolute atomic E-state index is 0.235. The highest BCUT2D eigenvalue weighted by atomic mass is 32.3. The van der Waals surface area contributed by atoms with Crippen molar-refractivity contribution in [3.05, 3.63) is 36.5 Å². The van der Waals surface area contributed by atoms with E-state index >= 15 is 0 Å². The van der Waals surface area contributed by atoms with E-state index in [1.165, 1.54) is 109 Å². The smallest absolute Gasteiger partial charge is 0.394 e. The van der Waals surface area contributed by atoms with Gasteiger partial charge in [-0.1, -0.05) is 172 Å². The molecule has 7 N–H and O–H groups in total. The van der Waals surface area contributed by atoms with Crippen LogP contribution in [0.1, 0.15) is 181 Å². The molecule has 59 heavy (non-hydrogen) atoms. The fraction of sp³-hybridized carbons (Fsp3) is 0.844. The van der Waals surface area contributed by atoms with Crippen LogP contribution in [0.3, 0.4) is 0 Å². The first-order valence-corrected chi connectivity index (χ1v) is 24.3. The molecule has 1 fully saturated rings. The second-order valence-electron chi connectivity index (χ2n) is 16.1. The lowest BCUT2D eigenvalue weighted by Crippen LogP contribution is -2.61. The van der Waals surface area contributed by atoms with Crippen molar-refractivity contribution in [2.45, 2.75) is 230 Å². The summed E-state index contributed by atoms with van der Waals surface area (Å²) in [6.07, 6.45) is 29.5. The Balaban J connectivity index is 2.64. The first kappa shape index (κ1) is 55.3. The van der Waals surface area contributed by atoms with E-state index in [1.54, 1.807) is 6.08 Å². The summed E-state index contributed by atoms with van der Waals surface area (Å²) in [5.41, 5.74) is 0. The van der Waals surface area contributed by atoms with E-state index in [2.05, 4.69) is 47.7 Å². The fourth-order valence-electron chi connectivity index (χ4n) is 7.08. The van der Waals surface area contributed by atoms with Crippen LogP contribution < -0.4 is 5.32 Å². The van der Waals surface area contributed by atoms with Crippen molar-refractivity contribution in [3.63, 3.8) is 0 Å². The zero-order chi connectivity index (χ0) is 43.6. The van der Waals surface area contributed by atoms with Crippen LogP contribution in [0.4, 0.5) is 0 Å². The molecule has 1 heterocycles. The van der Waals surface area contributed by atoms with Gasteiger partial charge in [0.1, 0.15) is 30.5 Å². The van der Waals surface area contributed by atoms with Crippen LogP contribution in [-0.2, 0) is 28.9 Å². The number of amides is 1. The van der Waals surface area contributed by atoms with Crippen molar-refractivity contribution >= 4 is 16.3 Å². The van der Waals surface area contributed by atoms with Crippen molar-refractivity contribution in [2.24, 2.45) is 0 Å². The van der Waals surface area contributed by atoms with E-state index in [0.29, 0.717) is 12.8 Å². The quantitative estimate of drug-likeness (QED) is 0.0181. The molecule has 0 aromatic carbocycles. The first-order chi connectivity index (χ1) is 28.4. The van der Waals surface area contributed by atoms with Crippen LogP contribution in [0.15, 0.2) is 36.5 Å². The van der Waals surface area contributed by atoms with Gasteiger partial charge in [0.05, 0.1) is 25.4 Å². The van der Waals surface area contributed by atoms with Crippen LogP contribution in [-0.4, -0.2) is 107 Å². The number of nitrogens with one attached hydrogen (secondary N) is 1. The van der Waals surface area contributed by atoms with Crippen molar-refractivity contribution in [1.82, 2.24) is 5.32 Å². The Morgan fingerprint density at radius 2 is 1.14 bits per heavy atom. The Hall–Kier alpha value is -1.72. The number of carbonyl (C=O) groups excluding carboxylic acids is 1. The summed E-state index contributed by atoms with van der Waals surface area (Å²) in [5, 5.41) is 55.1. The highest BCUT2D eigenvalue weighted by molar-refractivity contribution is 7.80. The summed E-state index contributed by atoms with van der Waals surface area (Å²) >= 11 is 0. The number of carbonyl (C=O) groups is 1. The molecule has 1 saturated heterocycles. The number of hydrogen-bond donors (Lipinski definition) is 7. The summed E-state index contributed by atoms with van der Waals surface area (Å²) in [4.78, 5) is 13.1. The number of allylic oxidation sites excluding steroid dienone is 5. The molecule has 8 unspecified atom stereocenters. The standard InChI is InChI=1S/C45H83NO12S/c1-3-5-7-9-11-13-15-17-18-19-20-21-22-24-25-27-29-31-33-38(48)37(36-56-45-42(51)43(58-59(53,54)55)41(50)40(35-47)57-45)46-44(52)39(49)34-32-30-28-26-23-16-14-12-10-8-6-4-2/h19-20,24-25,31,33,37-43,45,47-51H,3-18,21-23,26-30,32,34-36H2,1-2H3,(H,46,52)(H,53,54,55)/b20-19+,25-24+,33-31+. The summed E-state index contributed by atoms with van der Waals surface area (Å²) in [6.45, 7) is 3.17. The van der Waals surface area contributed by atoms with Gasteiger partial charge in [-0.25, -0.2) is 4.18 Å². The number of rotatable bonds is 38. The maximum absolute atomic E-state index is 13.1. The lowest BCUT2D eigenvalue weighted by molar-refractivity contribution is -0.298. The molecular formula is C45H83NO12S. The maximum Gasteiger partial charge on any atom is 0.397 e. The SMILES string of the molecule is CCCCCCCCCC/C=C/CC/C=C/CC/C=C/C(O)C(COC1OC(CO)C(O)C(OS(=O)(=O)O)C1O)NC(=O)C(O)CCCCCCCCCCCCCC. The van der Waals surface area contributed by atoms with E-state index in [4.69, 9.17) is 9.47 Å². The molecular weight excluding hydrogens is 779 g/mol. The van der Waals surface area contributed by atoms with Gasteiger partial charge < -0.3 is 40.3 Å². The number of aliphatic hydroxyl groups is 5. The van der Waals surface area contributed by atoms with E-state index in [9.17, 15) is 43.3 Å². The van der Waals surface area contributed by atoms with Crippen LogP contribution in [0, 0.1) is 0 Å². The predicted molar refractivity (Wildman–Crippen MR) is 233 cm³/mol. The summed E-state index contributed by atoms with van der Waals surface area (Å²) in [6, 6.07) is -1.14. The Morgan fingerprint density at radius 3 is 1.63 bits per heavy atom. The average Bonchev–Trinajstić information content (AvgIpc) is 3.20. The molecule has 346 valence electrons. The lowest BCUT2D eigenvalue weighted by Gasteiger charge is -2.41. The van der Waals surface area contributed by atoms with Gasteiger partial charge in [0, 0.05) is 0 Å². The summed E-state index contributed by atoms with van der Waals surface area (Å²) in [7, 11) is -5.12. The van der Waals surface area contributed by atoms with Gasteiger partial charge in [-0.15, -0.1) is 0 Å². The third-order valence-electron chi connectivity index (χ3n) is 10.8. The van der Waals surface area contributed by atoms with Crippen LogP contribution in [0.25, 0.3) is 0 Å². The Kier molecular flexibility index (Phi) is 33.6. The van der Waals surface area contributed by atoms with Crippen molar-refractivity contribution in [1.29, 1.82) is 0 Å². The highest BCUT2D eigenvalue weighted by Crippen LogP contribution is 2.26. The minimum Gasteiger partial charge on any atom is -0.394 e. The van der Waals surface area contributed by atoms with E-state index < -0.39 is 78.5 Å². The second-order valence-corrected chi connectivity index (χ2v) is 17.2. The fourth-order valence-corrected chi connectivity index (χ4v) is 7.59. The molecule has 0 spiro atoms. The highest BCUT2D eigenvalue weighted by Gasteiger charge is 2.48. The van der Waals surface area contributed by atoms with Crippen molar-refractivity contribution in [2.75, 3.05) is 13.2 Å². The predicted octanol–water partition coefficient (Wildman–Crippen LogP) is 7.69. The van der Waals surface area contributed by atoms with Crippen LogP contribution in [0.2, 0.25) is 0 Å². The van der Waals surface area contributed by atoms with E-state index in [-0.39, 0.29) is 6.42 Å². The molecule has 1 aliphatic heterocycles. The zero-order valence-electron chi connectivity index (χ0n) is 36.4. The molecule has 13 nitrogen and oxygen atoms in total. The molecule has 8 atom stereocenters. The van der Waals surface area contributed by atoms with Gasteiger partial charge in [-0.2, -0.15) is 8.42 Å². The topological polar surface area (TPSA) is 212 Å².